The number of aryl methyl sites for hydroxylation is 1. The van der Waals surface area contributed by atoms with Crippen molar-refractivity contribution in [3.8, 4) is 11.4 Å². The van der Waals surface area contributed by atoms with E-state index in [0.29, 0.717) is 23.9 Å². The highest BCUT2D eigenvalue weighted by molar-refractivity contribution is 5.86. The van der Waals surface area contributed by atoms with E-state index in [9.17, 15) is 27.2 Å². The van der Waals surface area contributed by atoms with Crippen molar-refractivity contribution in [3.63, 3.8) is 0 Å². The van der Waals surface area contributed by atoms with Gasteiger partial charge < -0.3 is 15.6 Å². The molecule has 3 heterocycles. The Hall–Kier alpha value is -4.29. The Bertz CT molecular complexity index is 1510. The molecule has 3 aromatic heterocycles. The molecule has 0 fully saturated rings. The van der Waals surface area contributed by atoms with Crippen molar-refractivity contribution < 1.29 is 17.6 Å². The first-order valence-electron chi connectivity index (χ1n) is 10.9. The number of hydrogen-bond acceptors (Lipinski definition) is 7. The van der Waals surface area contributed by atoms with Gasteiger partial charge in [-0.05, 0) is 43.4 Å². The number of fused-ring (bicyclic) bond motifs is 1. The normalized spacial score (nSPS) is 12.6. The fraction of sp³-hybridized carbons (Fsp3) is 0.261. The molecule has 0 saturated carbocycles. The van der Waals surface area contributed by atoms with Crippen LogP contribution in [-0.4, -0.2) is 30.8 Å². The van der Waals surface area contributed by atoms with Crippen molar-refractivity contribution in [2.24, 2.45) is 0 Å². The van der Waals surface area contributed by atoms with Crippen LogP contribution in [0.15, 0.2) is 52.6 Å². The molecule has 1 atom stereocenters. The molecule has 0 amide bonds. The molecule has 4 aromatic rings. The molecule has 0 saturated heterocycles. The Morgan fingerprint density at radius 3 is 2.58 bits per heavy atom. The van der Waals surface area contributed by atoms with Gasteiger partial charge in [-0.25, -0.2) is 19.5 Å². The Morgan fingerprint density at radius 2 is 1.89 bits per heavy atom. The van der Waals surface area contributed by atoms with Gasteiger partial charge in [-0.15, -0.1) is 0 Å². The molecule has 0 radical (unpaired) electrons. The number of alkyl halides is 3. The van der Waals surface area contributed by atoms with Gasteiger partial charge in [-0.1, -0.05) is 0 Å². The van der Waals surface area contributed by atoms with Crippen LogP contribution in [0.1, 0.15) is 25.3 Å². The third kappa shape index (κ3) is 5.19. The second-order valence-electron chi connectivity index (χ2n) is 8.25. The Labute approximate surface area is 201 Å². The van der Waals surface area contributed by atoms with Gasteiger partial charge in [-0.3, -0.25) is 9.59 Å². The lowest BCUT2D eigenvalue weighted by Crippen LogP contribution is -2.27. The van der Waals surface area contributed by atoms with Crippen molar-refractivity contribution in [1.29, 1.82) is 0 Å². The first-order valence-corrected chi connectivity index (χ1v) is 10.9. The molecule has 9 nitrogen and oxygen atoms in total. The zero-order chi connectivity index (χ0) is 26.0. The van der Waals surface area contributed by atoms with Crippen LogP contribution in [0.3, 0.4) is 0 Å². The third-order valence-electron chi connectivity index (χ3n) is 5.55. The summed E-state index contributed by atoms with van der Waals surface area (Å²) in [6.45, 7) is 1.91. The fourth-order valence-corrected chi connectivity index (χ4v) is 3.82. The van der Waals surface area contributed by atoms with Crippen molar-refractivity contribution >= 4 is 22.1 Å². The maximum Gasteiger partial charge on any atom is 0.423 e. The minimum atomic E-state index is -4.84. The number of aromatic nitrogens is 5. The standard InChI is InChI=1S/C23H21F4N7O2/c1-12(32-18-11-31-33-21(35)19(18)23(25,26)27)3-2-5-34-6-4-13-7-16(17(24)8-15(13)22(34)36)20-29-9-14(28)10-30-20/h4,6-12H,2-3,5,28H2,1H3,(H2,32,33,35). The smallest absolute Gasteiger partial charge is 0.396 e. The number of nitrogens with two attached hydrogens (primary N) is 1. The molecule has 36 heavy (non-hydrogen) atoms. The summed E-state index contributed by atoms with van der Waals surface area (Å²) in [4.78, 5) is 32.5. The number of anilines is 2. The number of nitrogen functional groups attached to an aromatic ring is 1. The van der Waals surface area contributed by atoms with E-state index in [1.165, 1.54) is 23.0 Å². The van der Waals surface area contributed by atoms with E-state index in [1.807, 2.05) is 0 Å². The summed E-state index contributed by atoms with van der Waals surface area (Å²) in [5.74, 6) is -0.523. The van der Waals surface area contributed by atoms with Gasteiger partial charge >= 0.3 is 6.18 Å². The zero-order valence-electron chi connectivity index (χ0n) is 18.9. The number of halogens is 4. The molecule has 0 aliphatic carbocycles. The lowest BCUT2D eigenvalue weighted by atomic mass is 10.1. The summed E-state index contributed by atoms with van der Waals surface area (Å²) in [7, 11) is 0. The molecular formula is C23H21F4N7O2. The zero-order valence-corrected chi connectivity index (χ0v) is 18.9. The lowest BCUT2D eigenvalue weighted by Gasteiger charge is -2.18. The molecular weight excluding hydrogens is 482 g/mol. The van der Waals surface area contributed by atoms with Gasteiger partial charge in [0.15, 0.2) is 5.82 Å². The van der Waals surface area contributed by atoms with Crippen LogP contribution in [0.2, 0.25) is 0 Å². The van der Waals surface area contributed by atoms with Crippen LogP contribution >= 0.6 is 0 Å². The minimum absolute atomic E-state index is 0.131. The SMILES string of the molecule is CC(CCCn1ccc2cc(-c3ncc(N)cn3)c(F)cc2c1=O)Nc1cn[nH]c(=O)c1C(F)(F)F. The van der Waals surface area contributed by atoms with Gasteiger partial charge in [-0.2, -0.15) is 18.3 Å². The van der Waals surface area contributed by atoms with Gasteiger partial charge in [0.1, 0.15) is 11.4 Å². The second kappa shape index (κ2) is 9.76. The van der Waals surface area contributed by atoms with Crippen molar-refractivity contribution in [2.45, 2.75) is 38.5 Å². The predicted octanol–water partition coefficient (Wildman–Crippen LogP) is 3.56. The summed E-state index contributed by atoms with van der Waals surface area (Å²) < 4.78 is 55.8. The van der Waals surface area contributed by atoms with E-state index in [1.54, 1.807) is 24.3 Å². The summed E-state index contributed by atoms with van der Waals surface area (Å²) >= 11 is 0. The first-order chi connectivity index (χ1) is 17.0. The molecule has 4 N–H and O–H groups in total. The summed E-state index contributed by atoms with van der Waals surface area (Å²) in [6, 6.07) is 3.83. The molecule has 1 aromatic carbocycles. The largest absolute Gasteiger partial charge is 0.423 e. The van der Waals surface area contributed by atoms with Gasteiger partial charge in [0.25, 0.3) is 11.1 Å². The minimum Gasteiger partial charge on any atom is -0.396 e. The van der Waals surface area contributed by atoms with Crippen LogP contribution in [0.5, 0.6) is 0 Å². The number of benzene rings is 1. The van der Waals surface area contributed by atoms with Crippen LogP contribution in [-0.2, 0) is 12.7 Å². The number of aromatic amines is 1. The van der Waals surface area contributed by atoms with Crippen LogP contribution in [0.25, 0.3) is 22.2 Å². The summed E-state index contributed by atoms with van der Waals surface area (Å²) in [6.07, 6.45) is 1.16. The van der Waals surface area contributed by atoms with Gasteiger partial charge in [0.2, 0.25) is 0 Å². The van der Waals surface area contributed by atoms with E-state index in [0.717, 1.165) is 12.3 Å². The average Bonchev–Trinajstić information content (AvgIpc) is 2.80. The van der Waals surface area contributed by atoms with E-state index in [2.05, 4.69) is 20.4 Å². The van der Waals surface area contributed by atoms with E-state index in [4.69, 9.17) is 5.73 Å². The molecule has 4 rings (SSSR count). The molecule has 13 heteroatoms. The van der Waals surface area contributed by atoms with Gasteiger partial charge in [0, 0.05) is 18.8 Å². The predicted molar refractivity (Wildman–Crippen MR) is 126 cm³/mol. The van der Waals surface area contributed by atoms with Crippen LogP contribution in [0, 0.1) is 5.82 Å². The number of nitrogens with one attached hydrogen (secondary N) is 2. The molecule has 188 valence electrons. The lowest BCUT2D eigenvalue weighted by molar-refractivity contribution is -0.138. The Morgan fingerprint density at radius 1 is 1.17 bits per heavy atom. The highest BCUT2D eigenvalue weighted by Gasteiger charge is 2.37. The van der Waals surface area contributed by atoms with Crippen molar-refractivity contribution in [3.05, 3.63) is 75.1 Å². The quantitative estimate of drug-likeness (QED) is 0.329. The van der Waals surface area contributed by atoms with Crippen LogP contribution < -0.4 is 22.2 Å². The Balaban J connectivity index is 1.47. The molecule has 0 bridgehead atoms. The maximum absolute atomic E-state index is 14.7. The monoisotopic (exact) mass is 503 g/mol. The fourth-order valence-electron chi connectivity index (χ4n) is 3.82. The second-order valence-corrected chi connectivity index (χ2v) is 8.25. The van der Waals surface area contributed by atoms with Crippen LogP contribution in [0.4, 0.5) is 28.9 Å². The van der Waals surface area contributed by atoms with E-state index in [-0.39, 0.29) is 23.3 Å². The highest BCUT2D eigenvalue weighted by atomic mass is 19.4. The molecule has 0 spiro atoms. The summed E-state index contributed by atoms with van der Waals surface area (Å²) in [5.41, 5.74) is 2.53. The number of nitrogens with zero attached hydrogens (tertiary/aromatic N) is 4. The van der Waals surface area contributed by atoms with Crippen molar-refractivity contribution in [1.82, 2.24) is 24.7 Å². The summed E-state index contributed by atoms with van der Waals surface area (Å²) in [5, 5.41) is 8.55. The number of hydrogen-bond donors (Lipinski definition) is 3. The van der Waals surface area contributed by atoms with Crippen molar-refractivity contribution in [2.75, 3.05) is 11.1 Å². The molecule has 0 aliphatic heterocycles. The number of pyridine rings is 1. The maximum atomic E-state index is 14.7. The highest BCUT2D eigenvalue weighted by Crippen LogP contribution is 2.32. The molecule has 0 aliphatic rings. The number of H-pyrrole nitrogens is 1. The third-order valence-corrected chi connectivity index (χ3v) is 5.55. The first kappa shape index (κ1) is 24.8. The van der Waals surface area contributed by atoms with E-state index >= 15 is 0 Å². The van der Waals surface area contributed by atoms with E-state index < -0.39 is 40.4 Å². The van der Waals surface area contributed by atoms with Gasteiger partial charge in [0.05, 0.1) is 40.9 Å². The molecule has 1 unspecified atom stereocenters. The number of rotatable bonds is 7. The topological polar surface area (TPSA) is 132 Å². The average molecular weight is 503 g/mol. The Kier molecular flexibility index (Phi) is 6.73.